The third-order valence-corrected chi connectivity index (χ3v) is 3.85. The summed E-state index contributed by atoms with van der Waals surface area (Å²) in [7, 11) is 0. The lowest BCUT2D eigenvalue weighted by atomic mass is 10.0. The summed E-state index contributed by atoms with van der Waals surface area (Å²) in [5.74, 6) is 0. The van der Waals surface area contributed by atoms with E-state index >= 15 is 0 Å². The standard InChI is InChI=1S/C16H14Br2O/c1-11(6-7-19)12-2-4-13(5-3-12)14-8-15(17)10-16(18)9-14/h2-6,8-10,19H,7H2,1H3/b11-6+. The van der Waals surface area contributed by atoms with Gasteiger partial charge in [0.25, 0.3) is 0 Å². The van der Waals surface area contributed by atoms with E-state index in [-0.39, 0.29) is 6.61 Å². The summed E-state index contributed by atoms with van der Waals surface area (Å²) in [5.41, 5.74) is 4.55. The van der Waals surface area contributed by atoms with Crippen molar-refractivity contribution in [3.05, 3.63) is 63.0 Å². The van der Waals surface area contributed by atoms with E-state index in [4.69, 9.17) is 5.11 Å². The molecule has 1 nitrogen and oxygen atoms in total. The zero-order valence-electron chi connectivity index (χ0n) is 10.5. The van der Waals surface area contributed by atoms with Crippen LogP contribution < -0.4 is 0 Å². The molecule has 0 saturated heterocycles. The molecule has 98 valence electrons. The molecule has 0 aliphatic heterocycles. The SMILES string of the molecule is C/C(=C\CO)c1ccc(-c2cc(Br)cc(Br)c2)cc1. The van der Waals surface area contributed by atoms with E-state index in [1.54, 1.807) is 0 Å². The Morgan fingerprint density at radius 1 is 1.00 bits per heavy atom. The topological polar surface area (TPSA) is 20.2 Å². The Morgan fingerprint density at radius 2 is 1.58 bits per heavy atom. The molecule has 2 rings (SSSR count). The average molecular weight is 382 g/mol. The fourth-order valence-corrected chi connectivity index (χ4v) is 3.19. The first kappa shape index (κ1) is 14.5. The van der Waals surface area contributed by atoms with Gasteiger partial charge in [0.2, 0.25) is 0 Å². The maximum absolute atomic E-state index is 8.90. The largest absolute Gasteiger partial charge is 0.392 e. The van der Waals surface area contributed by atoms with E-state index in [1.807, 2.05) is 19.1 Å². The summed E-state index contributed by atoms with van der Waals surface area (Å²) in [6.45, 7) is 2.08. The predicted molar refractivity (Wildman–Crippen MR) is 88.0 cm³/mol. The number of benzene rings is 2. The lowest BCUT2D eigenvalue weighted by molar-refractivity contribution is 0.343. The van der Waals surface area contributed by atoms with Crippen LogP contribution in [0.25, 0.3) is 16.7 Å². The van der Waals surface area contributed by atoms with Gasteiger partial charge in [0.1, 0.15) is 0 Å². The van der Waals surface area contributed by atoms with Crippen molar-refractivity contribution in [2.75, 3.05) is 6.61 Å². The van der Waals surface area contributed by atoms with Crippen LogP contribution >= 0.6 is 31.9 Å². The summed E-state index contributed by atoms with van der Waals surface area (Å²) in [6.07, 6.45) is 1.81. The molecule has 0 radical (unpaired) electrons. The van der Waals surface area contributed by atoms with Crippen molar-refractivity contribution in [1.29, 1.82) is 0 Å². The molecule has 0 unspecified atom stereocenters. The third-order valence-electron chi connectivity index (χ3n) is 2.93. The monoisotopic (exact) mass is 380 g/mol. The lowest BCUT2D eigenvalue weighted by Crippen LogP contribution is -1.84. The van der Waals surface area contributed by atoms with Gasteiger partial charge in [0.15, 0.2) is 0 Å². The highest BCUT2D eigenvalue weighted by Crippen LogP contribution is 2.28. The van der Waals surface area contributed by atoms with Crippen molar-refractivity contribution in [3.63, 3.8) is 0 Å². The van der Waals surface area contributed by atoms with E-state index in [0.29, 0.717) is 0 Å². The molecule has 2 aromatic rings. The highest BCUT2D eigenvalue weighted by molar-refractivity contribution is 9.11. The number of hydrogen-bond donors (Lipinski definition) is 1. The number of aliphatic hydroxyl groups excluding tert-OH is 1. The summed E-state index contributed by atoms with van der Waals surface area (Å²) in [4.78, 5) is 0. The second kappa shape index (κ2) is 6.51. The van der Waals surface area contributed by atoms with Crippen LogP contribution in [0.1, 0.15) is 12.5 Å². The van der Waals surface area contributed by atoms with Crippen molar-refractivity contribution in [1.82, 2.24) is 0 Å². The van der Waals surface area contributed by atoms with Gasteiger partial charge in [-0.2, -0.15) is 0 Å². The van der Waals surface area contributed by atoms with Gasteiger partial charge in [-0.25, -0.2) is 0 Å². The fourth-order valence-electron chi connectivity index (χ4n) is 1.90. The summed E-state index contributed by atoms with van der Waals surface area (Å²) in [5, 5.41) is 8.90. The summed E-state index contributed by atoms with van der Waals surface area (Å²) in [6, 6.07) is 14.5. The second-order valence-corrected chi connectivity index (χ2v) is 6.14. The molecule has 0 bridgehead atoms. The van der Waals surface area contributed by atoms with E-state index in [2.05, 4.69) is 68.3 Å². The van der Waals surface area contributed by atoms with Gasteiger partial charge in [-0.05, 0) is 47.4 Å². The molecule has 0 saturated carbocycles. The lowest BCUT2D eigenvalue weighted by Gasteiger charge is -2.06. The zero-order chi connectivity index (χ0) is 13.8. The minimum atomic E-state index is 0.0756. The number of hydrogen-bond acceptors (Lipinski definition) is 1. The molecule has 0 amide bonds. The van der Waals surface area contributed by atoms with Crippen LogP contribution in [0.2, 0.25) is 0 Å². The smallest absolute Gasteiger partial charge is 0.0618 e. The fraction of sp³-hybridized carbons (Fsp3) is 0.125. The molecular weight excluding hydrogens is 368 g/mol. The minimum Gasteiger partial charge on any atom is -0.392 e. The predicted octanol–water partition coefficient (Wildman–Crippen LogP) is 5.27. The Labute approximate surface area is 130 Å². The van der Waals surface area contributed by atoms with Gasteiger partial charge in [-0.1, -0.05) is 62.2 Å². The Kier molecular flexibility index (Phi) is 4.97. The van der Waals surface area contributed by atoms with Crippen LogP contribution in [0.15, 0.2) is 57.5 Å². The first-order valence-corrected chi connectivity index (χ1v) is 7.53. The first-order chi connectivity index (χ1) is 9.10. The van der Waals surface area contributed by atoms with Crippen LogP contribution in [-0.2, 0) is 0 Å². The van der Waals surface area contributed by atoms with Gasteiger partial charge in [-0.15, -0.1) is 0 Å². The maximum atomic E-state index is 8.90. The molecule has 2 aromatic carbocycles. The molecular formula is C16H14Br2O. The first-order valence-electron chi connectivity index (χ1n) is 5.94. The molecule has 0 aliphatic carbocycles. The molecule has 0 fully saturated rings. The highest BCUT2D eigenvalue weighted by Gasteiger charge is 2.02. The maximum Gasteiger partial charge on any atom is 0.0618 e. The number of rotatable bonds is 3. The van der Waals surface area contributed by atoms with Crippen molar-refractivity contribution in [3.8, 4) is 11.1 Å². The van der Waals surface area contributed by atoms with Crippen LogP contribution in [0.4, 0.5) is 0 Å². The molecule has 0 heterocycles. The van der Waals surface area contributed by atoms with Gasteiger partial charge < -0.3 is 5.11 Å². The van der Waals surface area contributed by atoms with Crippen molar-refractivity contribution < 1.29 is 5.11 Å². The van der Waals surface area contributed by atoms with E-state index in [1.165, 1.54) is 5.56 Å². The van der Waals surface area contributed by atoms with Crippen molar-refractivity contribution in [2.45, 2.75) is 6.92 Å². The van der Waals surface area contributed by atoms with Gasteiger partial charge >= 0.3 is 0 Å². The molecule has 3 heteroatoms. The Hall–Kier alpha value is -0.900. The minimum absolute atomic E-state index is 0.0756. The van der Waals surface area contributed by atoms with Gasteiger partial charge in [0, 0.05) is 8.95 Å². The third kappa shape index (κ3) is 3.78. The van der Waals surface area contributed by atoms with Crippen LogP contribution in [0.3, 0.4) is 0 Å². The zero-order valence-corrected chi connectivity index (χ0v) is 13.7. The number of halogens is 2. The molecule has 0 aromatic heterocycles. The highest BCUT2D eigenvalue weighted by atomic mass is 79.9. The van der Waals surface area contributed by atoms with Crippen LogP contribution in [0.5, 0.6) is 0 Å². The van der Waals surface area contributed by atoms with E-state index in [0.717, 1.165) is 25.6 Å². The Balaban J connectivity index is 2.35. The van der Waals surface area contributed by atoms with Gasteiger partial charge in [0.05, 0.1) is 6.61 Å². The molecule has 0 aliphatic rings. The summed E-state index contributed by atoms with van der Waals surface area (Å²) >= 11 is 7.00. The number of aliphatic hydroxyl groups is 1. The van der Waals surface area contributed by atoms with Crippen molar-refractivity contribution in [2.24, 2.45) is 0 Å². The normalized spacial score (nSPS) is 11.7. The van der Waals surface area contributed by atoms with Crippen LogP contribution in [-0.4, -0.2) is 11.7 Å². The van der Waals surface area contributed by atoms with Crippen LogP contribution in [0, 0.1) is 0 Å². The molecule has 19 heavy (non-hydrogen) atoms. The quantitative estimate of drug-likeness (QED) is 0.767. The second-order valence-electron chi connectivity index (χ2n) is 4.31. The molecule has 1 N–H and O–H groups in total. The Bertz CT molecular complexity index is 580. The Morgan fingerprint density at radius 3 is 2.11 bits per heavy atom. The molecule has 0 atom stereocenters. The van der Waals surface area contributed by atoms with Crippen molar-refractivity contribution >= 4 is 37.4 Å². The number of allylic oxidation sites excluding steroid dienone is 1. The molecule has 0 spiro atoms. The average Bonchev–Trinajstić information content (AvgIpc) is 2.38. The van der Waals surface area contributed by atoms with Gasteiger partial charge in [-0.3, -0.25) is 0 Å². The summed E-state index contributed by atoms with van der Waals surface area (Å²) < 4.78 is 2.11. The van der Waals surface area contributed by atoms with E-state index < -0.39 is 0 Å². The van der Waals surface area contributed by atoms with E-state index in [9.17, 15) is 0 Å².